The van der Waals surface area contributed by atoms with E-state index < -0.39 is 0 Å². The van der Waals surface area contributed by atoms with Gasteiger partial charge in [-0.05, 0) is 25.5 Å². The van der Waals surface area contributed by atoms with E-state index in [-0.39, 0.29) is 5.91 Å². The Morgan fingerprint density at radius 3 is 2.57 bits per heavy atom. The van der Waals surface area contributed by atoms with E-state index in [1.54, 1.807) is 11.8 Å². The van der Waals surface area contributed by atoms with Crippen LogP contribution in [0.15, 0.2) is 4.90 Å². The van der Waals surface area contributed by atoms with Crippen molar-refractivity contribution in [3.63, 3.8) is 0 Å². The van der Waals surface area contributed by atoms with Crippen LogP contribution in [-0.2, 0) is 0 Å². The Balaban J connectivity index is 3.12. The van der Waals surface area contributed by atoms with E-state index in [0.29, 0.717) is 23.0 Å². The maximum absolute atomic E-state index is 12.2. The number of hydrogen-bond acceptors (Lipinski definition) is 5. The summed E-state index contributed by atoms with van der Waals surface area (Å²) >= 11 is 3.13. The first-order chi connectivity index (χ1) is 9.96. The molecule has 120 valence electrons. The molecule has 0 saturated carbocycles. The molecule has 1 amide bonds. The third-order valence-corrected chi connectivity index (χ3v) is 5.30. The lowest BCUT2D eigenvalue weighted by Gasteiger charge is -2.24. The van der Waals surface area contributed by atoms with Crippen LogP contribution in [-0.4, -0.2) is 31.8 Å². The molecule has 21 heavy (non-hydrogen) atoms. The minimum absolute atomic E-state index is 0.0542. The molecule has 0 fully saturated rings. The van der Waals surface area contributed by atoms with Gasteiger partial charge in [-0.15, -0.1) is 23.1 Å². The lowest BCUT2D eigenvalue weighted by molar-refractivity contribution is 0.0958. The van der Waals surface area contributed by atoms with Gasteiger partial charge in [0.15, 0.2) is 0 Å². The van der Waals surface area contributed by atoms with Gasteiger partial charge in [-0.3, -0.25) is 4.79 Å². The smallest absolute Gasteiger partial charge is 0.263 e. The molecule has 1 aromatic heterocycles. The van der Waals surface area contributed by atoms with Gasteiger partial charge in [0, 0.05) is 19.6 Å². The summed E-state index contributed by atoms with van der Waals surface area (Å²) in [7, 11) is 0. The van der Waals surface area contributed by atoms with Gasteiger partial charge in [0.05, 0.1) is 10.6 Å². The Bertz CT molecular complexity index is 472. The summed E-state index contributed by atoms with van der Waals surface area (Å²) in [5, 5.41) is 4.04. The quantitative estimate of drug-likeness (QED) is 0.714. The highest BCUT2D eigenvalue weighted by Gasteiger charge is 2.23. The summed E-state index contributed by atoms with van der Waals surface area (Å²) < 4.78 is 0. The largest absolute Gasteiger partial charge is 0.396 e. The van der Waals surface area contributed by atoms with Crippen LogP contribution in [0.4, 0.5) is 10.7 Å². The minimum atomic E-state index is -0.0542. The summed E-state index contributed by atoms with van der Waals surface area (Å²) in [6.45, 7) is 11.2. The minimum Gasteiger partial charge on any atom is -0.396 e. The molecule has 0 unspecified atom stereocenters. The molecule has 1 aromatic rings. The Morgan fingerprint density at radius 2 is 2.10 bits per heavy atom. The van der Waals surface area contributed by atoms with Crippen molar-refractivity contribution < 1.29 is 4.79 Å². The van der Waals surface area contributed by atoms with E-state index in [1.165, 1.54) is 11.3 Å². The fraction of sp³-hybridized carbons (Fsp3) is 0.667. The Labute approximate surface area is 136 Å². The van der Waals surface area contributed by atoms with Crippen molar-refractivity contribution in [2.75, 3.05) is 36.5 Å². The Morgan fingerprint density at radius 1 is 1.43 bits per heavy atom. The SMILES string of the molecule is CCCNC(=O)c1sc(N(CC)CC(C)C)c(SC)c1N. The van der Waals surface area contributed by atoms with Crippen LogP contribution in [0.1, 0.15) is 43.8 Å². The summed E-state index contributed by atoms with van der Waals surface area (Å²) in [4.78, 5) is 16.2. The number of nitrogens with one attached hydrogen (secondary N) is 1. The molecule has 3 N–H and O–H groups in total. The molecule has 0 aromatic carbocycles. The van der Waals surface area contributed by atoms with Crippen LogP contribution in [0.3, 0.4) is 0 Å². The number of anilines is 2. The summed E-state index contributed by atoms with van der Waals surface area (Å²) in [6, 6.07) is 0. The van der Waals surface area contributed by atoms with E-state index in [2.05, 4.69) is 31.0 Å². The number of nitrogens with zero attached hydrogens (tertiary/aromatic N) is 1. The van der Waals surface area contributed by atoms with E-state index in [4.69, 9.17) is 5.73 Å². The predicted molar refractivity (Wildman–Crippen MR) is 95.9 cm³/mol. The molecule has 1 rings (SSSR count). The Kier molecular flexibility index (Phi) is 7.39. The van der Waals surface area contributed by atoms with Crippen LogP contribution in [0.2, 0.25) is 0 Å². The second kappa shape index (κ2) is 8.54. The number of carbonyl (C=O) groups is 1. The van der Waals surface area contributed by atoms with Gasteiger partial charge < -0.3 is 16.0 Å². The number of nitrogen functional groups attached to an aromatic ring is 1. The number of nitrogens with two attached hydrogens (primary N) is 1. The topological polar surface area (TPSA) is 58.4 Å². The van der Waals surface area contributed by atoms with E-state index in [1.807, 2.05) is 13.2 Å². The van der Waals surface area contributed by atoms with Crippen molar-refractivity contribution in [1.82, 2.24) is 5.32 Å². The third kappa shape index (κ3) is 4.54. The number of hydrogen-bond donors (Lipinski definition) is 2. The van der Waals surface area contributed by atoms with Crippen molar-refractivity contribution in [2.45, 2.75) is 39.0 Å². The van der Waals surface area contributed by atoms with Crippen LogP contribution in [0.25, 0.3) is 0 Å². The van der Waals surface area contributed by atoms with Crippen molar-refractivity contribution in [1.29, 1.82) is 0 Å². The highest BCUT2D eigenvalue weighted by atomic mass is 32.2. The summed E-state index contributed by atoms with van der Waals surface area (Å²) in [6.07, 6.45) is 2.94. The van der Waals surface area contributed by atoms with Crippen LogP contribution in [0.5, 0.6) is 0 Å². The molecule has 6 heteroatoms. The van der Waals surface area contributed by atoms with E-state index in [9.17, 15) is 4.79 Å². The van der Waals surface area contributed by atoms with Crippen molar-refractivity contribution in [2.24, 2.45) is 5.92 Å². The predicted octanol–water partition coefficient (Wildman–Crippen LogP) is 3.67. The summed E-state index contributed by atoms with van der Waals surface area (Å²) in [5.74, 6) is 0.516. The van der Waals surface area contributed by atoms with Gasteiger partial charge in [-0.25, -0.2) is 0 Å². The first kappa shape index (κ1) is 18.2. The second-order valence-electron chi connectivity index (χ2n) is 5.37. The number of rotatable bonds is 8. The highest BCUT2D eigenvalue weighted by Crippen LogP contribution is 2.43. The van der Waals surface area contributed by atoms with Gasteiger partial charge in [-0.1, -0.05) is 20.8 Å². The lowest BCUT2D eigenvalue weighted by atomic mass is 10.2. The van der Waals surface area contributed by atoms with Gasteiger partial charge in [0.2, 0.25) is 0 Å². The zero-order valence-corrected chi connectivity index (χ0v) is 15.3. The average Bonchev–Trinajstić information content (AvgIpc) is 2.78. The number of thiophene rings is 1. The molecule has 0 aliphatic carbocycles. The van der Waals surface area contributed by atoms with E-state index in [0.717, 1.165) is 29.4 Å². The number of thioether (sulfide) groups is 1. The van der Waals surface area contributed by atoms with Crippen LogP contribution in [0, 0.1) is 5.92 Å². The molecule has 0 aliphatic rings. The van der Waals surface area contributed by atoms with Crippen molar-refractivity contribution in [3.05, 3.63) is 4.88 Å². The number of carbonyl (C=O) groups excluding carboxylic acids is 1. The fourth-order valence-electron chi connectivity index (χ4n) is 2.11. The highest BCUT2D eigenvalue weighted by molar-refractivity contribution is 7.99. The first-order valence-corrected chi connectivity index (χ1v) is 9.49. The van der Waals surface area contributed by atoms with Gasteiger partial charge in [0.25, 0.3) is 5.91 Å². The maximum atomic E-state index is 12.2. The number of amides is 1. The molecule has 0 aliphatic heterocycles. The molecule has 1 heterocycles. The van der Waals surface area contributed by atoms with Crippen molar-refractivity contribution in [3.8, 4) is 0 Å². The van der Waals surface area contributed by atoms with Crippen molar-refractivity contribution >= 4 is 39.7 Å². The molecule has 0 saturated heterocycles. The first-order valence-electron chi connectivity index (χ1n) is 7.45. The molecule has 0 atom stereocenters. The zero-order valence-electron chi connectivity index (χ0n) is 13.7. The second-order valence-corrected chi connectivity index (χ2v) is 7.19. The molecule has 0 spiro atoms. The molecule has 0 bridgehead atoms. The van der Waals surface area contributed by atoms with Crippen LogP contribution >= 0.6 is 23.1 Å². The van der Waals surface area contributed by atoms with Gasteiger partial charge in [0.1, 0.15) is 9.88 Å². The van der Waals surface area contributed by atoms with Crippen LogP contribution < -0.4 is 16.0 Å². The van der Waals surface area contributed by atoms with E-state index >= 15 is 0 Å². The molecular formula is C15H27N3OS2. The average molecular weight is 330 g/mol. The zero-order chi connectivity index (χ0) is 16.0. The monoisotopic (exact) mass is 329 g/mol. The molecule has 4 nitrogen and oxygen atoms in total. The normalized spacial score (nSPS) is 11.0. The van der Waals surface area contributed by atoms with Gasteiger partial charge >= 0.3 is 0 Å². The third-order valence-electron chi connectivity index (χ3n) is 3.08. The lowest BCUT2D eigenvalue weighted by Crippen LogP contribution is -2.26. The van der Waals surface area contributed by atoms with Gasteiger partial charge in [-0.2, -0.15) is 0 Å². The fourth-order valence-corrected chi connectivity index (χ4v) is 4.28. The summed E-state index contributed by atoms with van der Waals surface area (Å²) in [5.41, 5.74) is 6.84. The maximum Gasteiger partial charge on any atom is 0.263 e. The standard InChI is InChI=1S/C15H27N3OS2/c1-6-8-17-14(19)12-11(16)13(20-5)15(21-12)18(7-2)9-10(3)4/h10H,6-9,16H2,1-5H3,(H,17,19). The Hall–Kier alpha value is -0.880. The molecular weight excluding hydrogens is 302 g/mol. The molecule has 0 radical (unpaired) electrons.